The third kappa shape index (κ3) is 5.36. The van der Waals surface area contributed by atoms with Crippen LogP contribution in [0.4, 0.5) is 0 Å². The summed E-state index contributed by atoms with van der Waals surface area (Å²) >= 11 is 1.68. The van der Waals surface area contributed by atoms with Crippen LogP contribution < -0.4 is 0 Å². The summed E-state index contributed by atoms with van der Waals surface area (Å²) in [6.07, 6.45) is 9.75. The van der Waals surface area contributed by atoms with Crippen molar-refractivity contribution in [2.45, 2.75) is 38.5 Å². The van der Waals surface area contributed by atoms with Gasteiger partial charge in [-0.2, -0.15) is 4.09 Å². The zero-order valence-corrected chi connectivity index (χ0v) is 14.4. The number of ether oxygens (including phenoxy) is 1. The summed E-state index contributed by atoms with van der Waals surface area (Å²) in [7, 11) is 0. The molecule has 5 heteroatoms. The lowest BCUT2D eigenvalue weighted by atomic mass is 10.1. The van der Waals surface area contributed by atoms with Gasteiger partial charge in [0.15, 0.2) is 5.82 Å². The van der Waals surface area contributed by atoms with Crippen molar-refractivity contribution in [3.63, 3.8) is 0 Å². The highest BCUT2D eigenvalue weighted by Gasteiger charge is 2.14. The van der Waals surface area contributed by atoms with Crippen LogP contribution in [0.15, 0.2) is 36.7 Å². The Labute approximate surface area is 142 Å². The van der Waals surface area contributed by atoms with Crippen LogP contribution in [-0.4, -0.2) is 33.1 Å². The van der Waals surface area contributed by atoms with Crippen molar-refractivity contribution < 1.29 is 4.74 Å². The Balaban J connectivity index is 1.28. The van der Waals surface area contributed by atoms with E-state index in [2.05, 4.69) is 10.1 Å². The highest BCUT2D eigenvalue weighted by Crippen LogP contribution is 2.27. The number of rotatable bonds is 9. The maximum atomic E-state index is 5.75. The lowest BCUT2D eigenvalue weighted by Gasteiger charge is -2.08. The molecule has 124 valence electrons. The Morgan fingerprint density at radius 2 is 1.96 bits per heavy atom. The molecule has 0 radical (unpaired) electrons. The van der Waals surface area contributed by atoms with Crippen LogP contribution in [0.2, 0.25) is 0 Å². The van der Waals surface area contributed by atoms with Crippen molar-refractivity contribution in [1.29, 1.82) is 0 Å². The molecule has 1 aromatic carbocycles. The van der Waals surface area contributed by atoms with E-state index in [1.165, 1.54) is 32.1 Å². The molecule has 2 aromatic rings. The molecule has 0 aliphatic heterocycles. The second-order valence-corrected chi connectivity index (χ2v) is 7.12. The first-order valence-corrected chi connectivity index (χ1v) is 9.54. The van der Waals surface area contributed by atoms with Crippen LogP contribution in [-0.2, 0) is 4.74 Å². The molecule has 1 aromatic heterocycles. The minimum Gasteiger partial charge on any atom is -0.381 e. The molecule has 0 saturated heterocycles. The normalized spacial score (nSPS) is 15.3. The number of benzene rings is 1. The van der Waals surface area contributed by atoms with E-state index < -0.39 is 0 Å². The van der Waals surface area contributed by atoms with Crippen molar-refractivity contribution in [2.24, 2.45) is 5.92 Å². The molecule has 0 atom stereocenters. The predicted molar refractivity (Wildman–Crippen MR) is 95.3 cm³/mol. The molecule has 23 heavy (non-hydrogen) atoms. The monoisotopic (exact) mass is 331 g/mol. The van der Waals surface area contributed by atoms with Crippen molar-refractivity contribution in [3.05, 3.63) is 36.7 Å². The summed E-state index contributed by atoms with van der Waals surface area (Å²) in [6, 6.07) is 10.1. The van der Waals surface area contributed by atoms with E-state index in [0.717, 1.165) is 42.7 Å². The van der Waals surface area contributed by atoms with Crippen LogP contribution in [0.25, 0.3) is 11.4 Å². The van der Waals surface area contributed by atoms with Gasteiger partial charge in [0.05, 0.1) is 0 Å². The first kappa shape index (κ1) is 16.5. The fourth-order valence-electron chi connectivity index (χ4n) is 3.00. The van der Waals surface area contributed by atoms with Gasteiger partial charge in [-0.05, 0) is 30.7 Å². The second-order valence-electron chi connectivity index (χ2n) is 6.08. The van der Waals surface area contributed by atoms with E-state index in [1.54, 1.807) is 18.3 Å². The number of hydrogen-bond acceptors (Lipinski definition) is 4. The smallest absolute Gasteiger partial charge is 0.182 e. The van der Waals surface area contributed by atoms with E-state index in [1.807, 2.05) is 34.4 Å². The van der Waals surface area contributed by atoms with Gasteiger partial charge in [0, 0.05) is 24.5 Å². The highest BCUT2D eigenvalue weighted by molar-refractivity contribution is 7.97. The van der Waals surface area contributed by atoms with Crippen molar-refractivity contribution in [3.8, 4) is 11.4 Å². The Hall–Kier alpha value is -1.33. The average Bonchev–Trinajstić information content (AvgIpc) is 3.26. The van der Waals surface area contributed by atoms with Crippen LogP contribution in [0, 0.1) is 5.92 Å². The quantitative estimate of drug-likeness (QED) is 0.637. The molecular weight excluding hydrogens is 306 g/mol. The molecule has 1 aliphatic carbocycles. The first-order chi connectivity index (χ1) is 11.4. The maximum absolute atomic E-state index is 5.75. The summed E-state index contributed by atoms with van der Waals surface area (Å²) in [5.41, 5.74) is 1.06. The fraction of sp³-hybridized carbons (Fsp3) is 0.556. The van der Waals surface area contributed by atoms with Gasteiger partial charge >= 0.3 is 0 Å². The Morgan fingerprint density at radius 1 is 1.13 bits per heavy atom. The second kappa shape index (κ2) is 9.08. The number of aromatic nitrogens is 3. The van der Waals surface area contributed by atoms with E-state index in [0.29, 0.717) is 0 Å². The van der Waals surface area contributed by atoms with Crippen molar-refractivity contribution in [2.75, 3.05) is 19.0 Å². The Bertz CT molecular complexity index is 567. The molecular formula is C18H25N3OS. The topological polar surface area (TPSA) is 39.9 Å². The predicted octanol–water partition coefficient (Wildman–Crippen LogP) is 4.43. The van der Waals surface area contributed by atoms with Crippen LogP contribution in [0.3, 0.4) is 0 Å². The minimum atomic E-state index is 0.783. The van der Waals surface area contributed by atoms with E-state index >= 15 is 0 Å². The average molecular weight is 331 g/mol. The van der Waals surface area contributed by atoms with Gasteiger partial charge < -0.3 is 4.74 Å². The number of nitrogens with zero attached hydrogens (tertiary/aromatic N) is 3. The molecule has 1 heterocycles. The Morgan fingerprint density at radius 3 is 2.78 bits per heavy atom. The summed E-state index contributed by atoms with van der Waals surface area (Å²) in [5, 5.41) is 4.49. The first-order valence-electron chi connectivity index (χ1n) is 8.60. The van der Waals surface area contributed by atoms with Crippen LogP contribution in [0.5, 0.6) is 0 Å². The molecule has 1 aliphatic rings. The number of hydrogen-bond donors (Lipinski definition) is 0. The molecule has 0 amide bonds. The van der Waals surface area contributed by atoms with Crippen molar-refractivity contribution in [1.82, 2.24) is 14.2 Å². The molecule has 0 bridgehead atoms. The van der Waals surface area contributed by atoms with Gasteiger partial charge in [0.2, 0.25) is 0 Å². The van der Waals surface area contributed by atoms with Gasteiger partial charge in [0.25, 0.3) is 0 Å². The molecule has 3 rings (SSSR count). The molecule has 0 unspecified atom stereocenters. The standard InChI is InChI=1S/C18H25N3OS/c1-2-9-17(10-3-1)18-19-15-21(20-18)23-14-6-12-22-13-11-16-7-4-5-8-16/h1-3,9-10,15-16H,4-8,11-14H2. The van der Waals surface area contributed by atoms with Gasteiger partial charge in [-0.1, -0.05) is 56.0 Å². The van der Waals surface area contributed by atoms with Gasteiger partial charge in [-0.15, -0.1) is 5.10 Å². The van der Waals surface area contributed by atoms with E-state index in [4.69, 9.17) is 4.74 Å². The summed E-state index contributed by atoms with van der Waals surface area (Å²) in [5.74, 6) is 2.71. The largest absolute Gasteiger partial charge is 0.381 e. The molecule has 1 saturated carbocycles. The van der Waals surface area contributed by atoms with Gasteiger partial charge in [-0.3, -0.25) is 0 Å². The highest BCUT2D eigenvalue weighted by atomic mass is 32.2. The molecule has 4 nitrogen and oxygen atoms in total. The third-order valence-electron chi connectivity index (χ3n) is 4.31. The molecule has 0 N–H and O–H groups in total. The zero-order valence-electron chi connectivity index (χ0n) is 13.6. The van der Waals surface area contributed by atoms with E-state index in [-0.39, 0.29) is 0 Å². The SMILES string of the molecule is c1ccc(-c2ncn(SCCCOCCC3CCCC3)n2)cc1. The summed E-state index contributed by atoms with van der Waals surface area (Å²) in [4.78, 5) is 4.36. The van der Waals surface area contributed by atoms with E-state index in [9.17, 15) is 0 Å². The lowest BCUT2D eigenvalue weighted by Crippen LogP contribution is -2.03. The van der Waals surface area contributed by atoms with Crippen molar-refractivity contribution >= 4 is 11.9 Å². The minimum absolute atomic E-state index is 0.783. The molecule has 0 spiro atoms. The van der Waals surface area contributed by atoms with Gasteiger partial charge in [0.1, 0.15) is 6.33 Å². The zero-order chi connectivity index (χ0) is 15.7. The van der Waals surface area contributed by atoms with Crippen LogP contribution >= 0.6 is 11.9 Å². The summed E-state index contributed by atoms with van der Waals surface area (Å²) < 4.78 is 7.60. The molecule has 1 fully saturated rings. The fourth-order valence-corrected chi connectivity index (χ4v) is 3.68. The maximum Gasteiger partial charge on any atom is 0.182 e. The van der Waals surface area contributed by atoms with Crippen LogP contribution in [0.1, 0.15) is 38.5 Å². The summed E-state index contributed by atoms with van der Waals surface area (Å²) in [6.45, 7) is 1.77. The Kier molecular flexibility index (Phi) is 6.53. The third-order valence-corrected chi connectivity index (χ3v) is 5.22. The lowest BCUT2D eigenvalue weighted by molar-refractivity contribution is 0.121. The van der Waals surface area contributed by atoms with Gasteiger partial charge in [-0.25, -0.2) is 4.98 Å².